The normalized spacial score (nSPS) is 23.8. The number of nitrogens with one attached hydrogen (secondary N) is 1. The fourth-order valence-corrected chi connectivity index (χ4v) is 3.39. The number of benzene rings is 1. The second-order valence-corrected chi connectivity index (χ2v) is 7.53. The van der Waals surface area contributed by atoms with Crippen LogP contribution in [-0.4, -0.2) is 6.10 Å². The summed E-state index contributed by atoms with van der Waals surface area (Å²) in [6.07, 6.45) is 7.95. The second kappa shape index (κ2) is 5.98. The molecular weight excluding hydrogens is 260 g/mol. The van der Waals surface area contributed by atoms with E-state index in [0.29, 0.717) is 17.4 Å². The van der Waals surface area contributed by atoms with Gasteiger partial charge >= 0.3 is 0 Å². The van der Waals surface area contributed by atoms with Gasteiger partial charge in [-0.05, 0) is 67.6 Å². The van der Waals surface area contributed by atoms with Gasteiger partial charge in [-0.3, -0.25) is 11.3 Å². The van der Waals surface area contributed by atoms with Gasteiger partial charge in [0, 0.05) is 6.04 Å². The Hall–Kier alpha value is -1.06. The van der Waals surface area contributed by atoms with Crippen LogP contribution in [0, 0.1) is 11.3 Å². The summed E-state index contributed by atoms with van der Waals surface area (Å²) < 4.78 is 5.81. The lowest BCUT2D eigenvalue weighted by atomic mass is 9.70. The number of hydrogen-bond donors (Lipinski definition) is 2. The molecule has 3 rings (SSSR count). The number of ether oxygens (including phenoxy) is 1. The second-order valence-electron chi connectivity index (χ2n) is 7.53. The van der Waals surface area contributed by atoms with Crippen LogP contribution in [0.1, 0.15) is 64.0 Å². The van der Waals surface area contributed by atoms with Crippen LogP contribution in [-0.2, 0) is 0 Å². The third-order valence-electron chi connectivity index (χ3n) is 5.10. The van der Waals surface area contributed by atoms with E-state index < -0.39 is 0 Å². The van der Waals surface area contributed by atoms with Crippen LogP contribution in [0.2, 0.25) is 0 Å². The Morgan fingerprint density at radius 3 is 2.24 bits per heavy atom. The molecule has 2 fully saturated rings. The predicted molar refractivity (Wildman–Crippen MR) is 85.9 cm³/mol. The summed E-state index contributed by atoms with van der Waals surface area (Å²) >= 11 is 0. The van der Waals surface area contributed by atoms with Gasteiger partial charge < -0.3 is 4.74 Å². The highest BCUT2D eigenvalue weighted by Gasteiger charge is 2.31. The molecule has 2 aliphatic carbocycles. The quantitative estimate of drug-likeness (QED) is 0.637. The summed E-state index contributed by atoms with van der Waals surface area (Å²) in [4.78, 5) is 0. The smallest absolute Gasteiger partial charge is 0.119 e. The third-order valence-corrected chi connectivity index (χ3v) is 5.10. The van der Waals surface area contributed by atoms with Crippen molar-refractivity contribution in [2.45, 2.75) is 64.5 Å². The summed E-state index contributed by atoms with van der Waals surface area (Å²) in [7, 11) is 0. The van der Waals surface area contributed by atoms with Gasteiger partial charge in [-0.1, -0.05) is 26.0 Å². The van der Waals surface area contributed by atoms with Gasteiger partial charge in [0.15, 0.2) is 0 Å². The molecule has 0 saturated heterocycles. The Morgan fingerprint density at radius 2 is 1.71 bits per heavy atom. The SMILES string of the molecule is CC1(C)CCC(C(NN)c2ccc(OC3CC3)cc2)CC1. The zero-order valence-electron chi connectivity index (χ0n) is 13.3. The molecule has 2 aliphatic rings. The minimum Gasteiger partial charge on any atom is -0.490 e. The number of hydrazine groups is 1. The topological polar surface area (TPSA) is 47.3 Å². The number of nitrogens with two attached hydrogens (primary N) is 1. The lowest BCUT2D eigenvalue weighted by molar-refractivity contribution is 0.161. The van der Waals surface area contributed by atoms with E-state index in [0.717, 1.165) is 5.75 Å². The Morgan fingerprint density at radius 1 is 1.10 bits per heavy atom. The van der Waals surface area contributed by atoms with Crippen LogP contribution >= 0.6 is 0 Å². The highest BCUT2D eigenvalue weighted by atomic mass is 16.5. The highest BCUT2D eigenvalue weighted by molar-refractivity contribution is 5.30. The molecule has 0 spiro atoms. The molecule has 3 heteroatoms. The molecule has 0 amide bonds. The Balaban J connectivity index is 1.64. The maximum Gasteiger partial charge on any atom is 0.119 e. The molecule has 3 nitrogen and oxygen atoms in total. The highest BCUT2D eigenvalue weighted by Crippen LogP contribution is 2.42. The molecule has 2 saturated carbocycles. The third kappa shape index (κ3) is 3.78. The molecule has 21 heavy (non-hydrogen) atoms. The molecule has 1 aromatic carbocycles. The van der Waals surface area contributed by atoms with E-state index in [4.69, 9.17) is 10.6 Å². The molecule has 0 heterocycles. The van der Waals surface area contributed by atoms with Crippen molar-refractivity contribution < 1.29 is 4.74 Å². The van der Waals surface area contributed by atoms with Crippen LogP contribution in [0.5, 0.6) is 5.75 Å². The summed E-state index contributed by atoms with van der Waals surface area (Å²) in [5.74, 6) is 7.48. The number of rotatable bonds is 5. The Kier molecular flexibility index (Phi) is 4.23. The Bertz CT molecular complexity index is 455. The fraction of sp³-hybridized carbons (Fsp3) is 0.667. The Labute approximate surface area is 128 Å². The fourth-order valence-electron chi connectivity index (χ4n) is 3.39. The average Bonchev–Trinajstić information content (AvgIpc) is 3.27. The molecular formula is C18H28N2O. The van der Waals surface area contributed by atoms with Gasteiger partial charge in [0.2, 0.25) is 0 Å². The molecule has 116 valence electrons. The molecule has 0 bridgehead atoms. The lowest BCUT2D eigenvalue weighted by Crippen LogP contribution is -2.36. The van der Waals surface area contributed by atoms with Crippen LogP contribution in [0.25, 0.3) is 0 Å². The van der Waals surface area contributed by atoms with Crippen molar-refractivity contribution in [2.75, 3.05) is 0 Å². The summed E-state index contributed by atoms with van der Waals surface area (Å²) in [6.45, 7) is 4.75. The van der Waals surface area contributed by atoms with E-state index in [9.17, 15) is 0 Å². The van der Waals surface area contributed by atoms with Crippen molar-refractivity contribution in [3.8, 4) is 5.75 Å². The van der Waals surface area contributed by atoms with Crippen molar-refractivity contribution in [1.29, 1.82) is 0 Å². The maximum absolute atomic E-state index is 5.85. The predicted octanol–water partition coefficient (Wildman–Crippen LogP) is 3.95. The molecule has 1 aromatic rings. The van der Waals surface area contributed by atoms with Crippen LogP contribution in [0.3, 0.4) is 0 Å². The zero-order valence-corrected chi connectivity index (χ0v) is 13.3. The van der Waals surface area contributed by atoms with Gasteiger partial charge in [0.1, 0.15) is 5.75 Å². The van der Waals surface area contributed by atoms with E-state index in [1.165, 1.54) is 44.1 Å². The van der Waals surface area contributed by atoms with Crippen molar-refractivity contribution in [3.63, 3.8) is 0 Å². The molecule has 3 N–H and O–H groups in total. The first-order valence-electron chi connectivity index (χ1n) is 8.30. The first-order valence-corrected chi connectivity index (χ1v) is 8.30. The van der Waals surface area contributed by atoms with E-state index in [-0.39, 0.29) is 6.04 Å². The van der Waals surface area contributed by atoms with Crippen molar-refractivity contribution in [2.24, 2.45) is 17.2 Å². The van der Waals surface area contributed by atoms with Gasteiger partial charge in [0.25, 0.3) is 0 Å². The first kappa shape index (κ1) is 14.9. The van der Waals surface area contributed by atoms with Crippen molar-refractivity contribution >= 4 is 0 Å². The van der Waals surface area contributed by atoms with Gasteiger partial charge in [-0.2, -0.15) is 0 Å². The summed E-state index contributed by atoms with van der Waals surface area (Å²) in [6, 6.07) is 8.77. The number of hydrogen-bond acceptors (Lipinski definition) is 3. The molecule has 0 aliphatic heterocycles. The van der Waals surface area contributed by atoms with Gasteiger partial charge in [0.05, 0.1) is 6.10 Å². The molecule has 0 radical (unpaired) electrons. The largest absolute Gasteiger partial charge is 0.490 e. The van der Waals surface area contributed by atoms with Gasteiger partial charge in [-0.25, -0.2) is 0 Å². The summed E-state index contributed by atoms with van der Waals surface area (Å²) in [5, 5.41) is 0. The van der Waals surface area contributed by atoms with Crippen molar-refractivity contribution in [3.05, 3.63) is 29.8 Å². The summed E-state index contributed by atoms with van der Waals surface area (Å²) in [5.41, 5.74) is 4.83. The maximum atomic E-state index is 5.85. The monoisotopic (exact) mass is 288 g/mol. The minimum atomic E-state index is 0.260. The molecule has 1 unspecified atom stereocenters. The van der Waals surface area contributed by atoms with Gasteiger partial charge in [-0.15, -0.1) is 0 Å². The van der Waals surface area contributed by atoms with Crippen LogP contribution in [0.4, 0.5) is 0 Å². The van der Waals surface area contributed by atoms with E-state index in [2.05, 4.69) is 43.5 Å². The van der Waals surface area contributed by atoms with E-state index in [1.807, 2.05) is 0 Å². The van der Waals surface area contributed by atoms with E-state index in [1.54, 1.807) is 0 Å². The lowest BCUT2D eigenvalue weighted by Gasteiger charge is -2.38. The first-order chi connectivity index (χ1) is 10.1. The van der Waals surface area contributed by atoms with E-state index >= 15 is 0 Å². The van der Waals surface area contributed by atoms with Crippen LogP contribution < -0.4 is 16.0 Å². The molecule has 1 atom stereocenters. The zero-order chi connectivity index (χ0) is 14.9. The minimum absolute atomic E-state index is 0.260. The molecule has 0 aromatic heterocycles. The van der Waals surface area contributed by atoms with Crippen LogP contribution in [0.15, 0.2) is 24.3 Å². The standard InChI is InChI=1S/C18H28N2O/c1-18(2)11-9-14(10-12-18)17(20-19)13-3-5-15(6-4-13)21-16-7-8-16/h3-6,14,16-17,20H,7-12,19H2,1-2H3. The van der Waals surface area contributed by atoms with Crippen molar-refractivity contribution in [1.82, 2.24) is 5.43 Å². The average molecular weight is 288 g/mol.